The van der Waals surface area contributed by atoms with Gasteiger partial charge in [0.2, 0.25) is 0 Å². The lowest BCUT2D eigenvalue weighted by Crippen LogP contribution is -2.36. The van der Waals surface area contributed by atoms with Crippen molar-refractivity contribution in [2.24, 2.45) is 5.73 Å². The molecule has 0 spiro atoms. The maximum Gasteiger partial charge on any atom is 0.192 e. The standard InChI is InChI=1S/C29H25Cl2N3OS/c1-2-3-17-36-29-26(27(35)19-13-15-20(30)16-14-19)25(22-11-7-8-12-24(22)31)23(18-32)28(33)34(29)21-9-5-4-6-10-21/h4-16,25H,2-3,17,33H2,1H3. The second-order valence-electron chi connectivity index (χ2n) is 8.29. The molecule has 3 aromatic rings. The van der Waals surface area contributed by atoms with Gasteiger partial charge < -0.3 is 5.73 Å². The first-order valence-corrected chi connectivity index (χ1v) is 13.4. The van der Waals surface area contributed by atoms with Gasteiger partial charge in [0.05, 0.1) is 22.6 Å². The number of hydrogen-bond donors (Lipinski definition) is 1. The molecule has 7 heteroatoms. The number of hydrogen-bond acceptors (Lipinski definition) is 5. The van der Waals surface area contributed by atoms with Gasteiger partial charge in [0, 0.05) is 26.9 Å². The van der Waals surface area contributed by atoms with Crippen LogP contribution < -0.4 is 10.6 Å². The number of para-hydroxylation sites is 1. The van der Waals surface area contributed by atoms with E-state index in [2.05, 4.69) is 13.0 Å². The lowest BCUT2D eigenvalue weighted by atomic mass is 9.80. The number of allylic oxidation sites excluding steroid dienone is 2. The number of benzene rings is 3. The van der Waals surface area contributed by atoms with E-state index < -0.39 is 5.92 Å². The summed E-state index contributed by atoms with van der Waals surface area (Å²) in [7, 11) is 0. The van der Waals surface area contributed by atoms with Gasteiger partial charge in [0.25, 0.3) is 0 Å². The van der Waals surface area contributed by atoms with E-state index in [0.29, 0.717) is 37.6 Å². The van der Waals surface area contributed by atoms with Gasteiger partial charge in [-0.25, -0.2) is 0 Å². The fraction of sp³-hybridized carbons (Fsp3) is 0.172. The van der Waals surface area contributed by atoms with Crippen LogP contribution >= 0.6 is 35.0 Å². The minimum absolute atomic E-state index is 0.197. The molecule has 182 valence electrons. The van der Waals surface area contributed by atoms with Gasteiger partial charge in [-0.1, -0.05) is 72.9 Å². The predicted molar refractivity (Wildman–Crippen MR) is 150 cm³/mol. The molecule has 0 aromatic heterocycles. The topological polar surface area (TPSA) is 70.1 Å². The number of halogens is 2. The van der Waals surface area contributed by atoms with Gasteiger partial charge in [-0.15, -0.1) is 11.8 Å². The average Bonchev–Trinajstić information content (AvgIpc) is 2.89. The van der Waals surface area contributed by atoms with E-state index in [1.54, 1.807) is 42.1 Å². The van der Waals surface area contributed by atoms with Crippen molar-refractivity contribution in [2.75, 3.05) is 10.7 Å². The summed E-state index contributed by atoms with van der Waals surface area (Å²) in [5.41, 5.74) is 9.40. The number of unbranched alkanes of at least 4 members (excludes halogenated alkanes) is 1. The highest BCUT2D eigenvalue weighted by molar-refractivity contribution is 8.03. The van der Waals surface area contributed by atoms with Gasteiger partial charge >= 0.3 is 0 Å². The van der Waals surface area contributed by atoms with Gasteiger partial charge in [-0.05, 0) is 60.2 Å². The number of thioether (sulfide) groups is 1. The number of nitriles is 1. The molecule has 1 atom stereocenters. The van der Waals surface area contributed by atoms with E-state index >= 15 is 0 Å². The zero-order valence-corrected chi connectivity index (χ0v) is 22.1. The predicted octanol–water partition coefficient (Wildman–Crippen LogP) is 7.92. The summed E-state index contributed by atoms with van der Waals surface area (Å²) in [5, 5.41) is 12.1. The molecule has 1 aliphatic rings. The summed E-state index contributed by atoms with van der Waals surface area (Å²) < 4.78 is 0. The third kappa shape index (κ3) is 5.17. The van der Waals surface area contributed by atoms with Crippen molar-refractivity contribution in [3.8, 4) is 6.07 Å². The van der Waals surface area contributed by atoms with E-state index in [0.717, 1.165) is 24.3 Å². The fourth-order valence-electron chi connectivity index (χ4n) is 4.18. The molecule has 4 rings (SSSR count). The molecule has 0 saturated heterocycles. The van der Waals surface area contributed by atoms with Crippen molar-refractivity contribution in [1.29, 1.82) is 5.26 Å². The largest absolute Gasteiger partial charge is 0.384 e. The van der Waals surface area contributed by atoms with Crippen LogP contribution in [0, 0.1) is 11.3 Å². The van der Waals surface area contributed by atoms with E-state index in [1.807, 2.05) is 53.4 Å². The van der Waals surface area contributed by atoms with Crippen LogP contribution in [0.3, 0.4) is 0 Å². The van der Waals surface area contributed by atoms with Crippen LogP contribution in [0.15, 0.2) is 101 Å². The Kier molecular flexibility index (Phi) is 8.43. The average molecular weight is 535 g/mol. The van der Waals surface area contributed by atoms with Crippen molar-refractivity contribution in [1.82, 2.24) is 0 Å². The van der Waals surface area contributed by atoms with E-state index in [9.17, 15) is 10.1 Å². The first-order chi connectivity index (χ1) is 17.5. The van der Waals surface area contributed by atoms with Crippen LogP contribution in [-0.4, -0.2) is 11.5 Å². The van der Waals surface area contributed by atoms with Crippen LogP contribution in [0.2, 0.25) is 10.0 Å². The number of Topliss-reactive ketones (excluding diaryl/α,β-unsaturated/α-hetero) is 1. The number of rotatable bonds is 8. The van der Waals surface area contributed by atoms with Crippen LogP contribution in [0.5, 0.6) is 0 Å². The van der Waals surface area contributed by atoms with Crippen LogP contribution in [0.1, 0.15) is 41.6 Å². The molecule has 1 heterocycles. The minimum Gasteiger partial charge on any atom is -0.384 e. The quantitative estimate of drug-likeness (QED) is 0.235. The molecule has 1 unspecified atom stereocenters. The maximum absolute atomic E-state index is 14.2. The second kappa shape index (κ2) is 11.7. The molecular weight excluding hydrogens is 509 g/mol. The summed E-state index contributed by atoms with van der Waals surface area (Å²) in [4.78, 5) is 16.1. The van der Waals surface area contributed by atoms with Crippen molar-refractivity contribution in [2.45, 2.75) is 25.7 Å². The summed E-state index contributed by atoms with van der Waals surface area (Å²) in [5.74, 6) is 0.171. The van der Waals surface area contributed by atoms with Gasteiger partial charge in [0.15, 0.2) is 5.78 Å². The van der Waals surface area contributed by atoms with E-state index in [4.69, 9.17) is 28.9 Å². The number of ketones is 1. The van der Waals surface area contributed by atoms with Gasteiger partial charge in [-0.2, -0.15) is 5.26 Å². The third-order valence-electron chi connectivity index (χ3n) is 5.97. The summed E-state index contributed by atoms with van der Waals surface area (Å²) in [6.45, 7) is 2.12. The Balaban J connectivity index is 2.03. The Hall–Kier alpha value is -3.17. The SMILES string of the molecule is CCCCSC1=C(C(=O)c2ccc(Cl)cc2)C(c2ccccc2Cl)C(C#N)=C(N)N1c1ccccc1. The van der Waals surface area contributed by atoms with E-state index in [-0.39, 0.29) is 11.4 Å². The highest BCUT2D eigenvalue weighted by atomic mass is 35.5. The summed E-state index contributed by atoms with van der Waals surface area (Å²) in [6.07, 6.45) is 1.97. The molecule has 0 saturated carbocycles. The molecule has 3 aromatic carbocycles. The highest BCUT2D eigenvalue weighted by Gasteiger charge is 2.40. The number of carbonyl (C=O) groups is 1. The van der Waals surface area contributed by atoms with Crippen LogP contribution in [0.4, 0.5) is 5.69 Å². The molecule has 0 aliphatic carbocycles. The molecule has 0 fully saturated rings. The Morgan fingerprint density at radius 2 is 1.69 bits per heavy atom. The zero-order chi connectivity index (χ0) is 25.7. The van der Waals surface area contributed by atoms with Gasteiger partial charge in [0.1, 0.15) is 5.82 Å². The van der Waals surface area contributed by atoms with Crippen LogP contribution in [-0.2, 0) is 0 Å². The maximum atomic E-state index is 14.2. The molecule has 0 amide bonds. The molecule has 0 radical (unpaired) electrons. The fourth-order valence-corrected chi connectivity index (χ4v) is 5.88. The third-order valence-corrected chi connectivity index (χ3v) is 7.73. The normalized spacial score (nSPS) is 15.7. The Bertz CT molecular complexity index is 1360. The lowest BCUT2D eigenvalue weighted by Gasteiger charge is -2.37. The smallest absolute Gasteiger partial charge is 0.192 e. The van der Waals surface area contributed by atoms with Crippen molar-refractivity contribution in [3.05, 3.63) is 122 Å². The first-order valence-electron chi connectivity index (χ1n) is 11.6. The van der Waals surface area contributed by atoms with Gasteiger partial charge in [-0.3, -0.25) is 9.69 Å². The lowest BCUT2D eigenvalue weighted by molar-refractivity contribution is 0.102. The number of nitrogens with zero attached hydrogens (tertiary/aromatic N) is 2. The molecular formula is C29H25Cl2N3OS. The highest BCUT2D eigenvalue weighted by Crippen LogP contribution is 2.48. The molecule has 36 heavy (non-hydrogen) atoms. The van der Waals surface area contributed by atoms with Crippen LogP contribution in [0.25, 0.3) is 0 Å². The molecule has 4 nitrogen and oxygen atoms in total. The first kappa shape index (κ1) is 25.9. The molecule has 2 N–H and O–H groups in total. The summed E-state index contributed by atoms with van der Waals surface area (Å²) >= 11 is 14.3. The Morgan fingerprint density at radius 1 is 1.03 bits per heavy atom. The van der Waals surface area contributed by atoms with Crippen molar-refractivity contribution >= 4 is 46.4 Å². The zero-order valence-electron chi connectivity index (χ0n) is 19.7. The van der Waals surface area contributed by atoms with Crippen molar-refractivity contribution in [3.63, 3.8) is 0 Å². The second-order valence-corrected chi connectivity index (χ2v) is 10.2. The molecule has 0 bridgehead atoms. The number of anilines is 1. The minimum atomic E-state index is -0.712. The number of nitrogens with two attached hydrogens (primary N) is 1. The monoisotopic (exact) mass is 533 g/mol. The summed E-state index contributed by atoms with van der Waals surface area (Å²) in [6, 6.07) is 25.9. The van der Waals surface area contributed by atoms with E-state index in [1.165, 1.54) is 0 Å². The van der Waals surface area contributed by atoms with Crippen molar-refractivity contribution < 1.29 is 4.79 Å². The number of carbonyl (C=O) groups excluding carboxylic acids is 1. The Morgan fingerprint density at radius 3 is 2.33 bits per heavy atom. The Labute approximate surface area is 226 Å². The molecule has 1 aliphatic heterocycles.